The summed E-state index contributed by atoms with van der Waals surface area (Å²) in [6.45, 7) is 4.31. The van der Waals surface area contributed by atoms with Crippen LogP contribution in [-0.4, -0.2) is 39.1 Å². The van der Waals surface area contributed by atoms with E-state index in [2.05, 4.69) is 10.6 Å². The Morgan fingerprint density at radius 1 is 1.17 bits per heavy atom. The number of amides is 2. The van der Waals surface area contributed by atoms with Crippen molar-refractivity contribution in [2.24, 2.45) is 0 Å². The molecule has 0 spiro atoms. The van der Waals surface area contributed by atoms with E-state index < -0.39 is 11.6 Å². The van der Waals surface area contributed by atoms with Gasteiger partial charge in [-0.15, -0.1) is 0 Å². The van der Waals surface area contributed by atoms with Gasteiger partial charge in [0.15, 0.2) is 0 Å². The Hall–Kier alpha value is -2.35. The standard InChI is InChI=1S/C22H26ClFN2O4/c1-2-28-13-14-30-20-8-5-17(23)15-19(20)25-21(27)26-22(9-11-29-12-10-22)16-3-6-18(24)7-4-16/h3-8,15H,2,9-14H2,1H3,(H2,25,26,27). The van der Waals surface area contributed by atoms with Crippen molar-refractivity contribution in [3.05, 3.63) is 58.9 Å². The summed E-state index contributed by atoms with van der Waals surface area (Å²) < 4.78 is 29.9. The van der Waals surface area contributed by atoms with Crippen LogP contribution in [0.2, 0.25) is 5.02 Å². The Morgan fingerprint density at radius 3 is 2.60 bits per heavy atom. The molecule has 1 heterocycles. The number of ether oxygens (including phenoxy) is 3. The first-order valence-corrected chi connectivity index (χ1v) is 10.3. The molecule has 0 aromatic heterocycles. The van der Waals surface area contributed by atoms with Crippen molar-refractivity contribution in [1.82, 2.24) is 5.32 Å². The third kappa shape index (κ3) is 5.84. The molecule has 0 saturated carbocycles. The Balaban J connectivity index is 1.74. The summed E-state index contributed by atoms with van der Waals surface area (Å²) >= 11 is 6.11. The van der Waals surface area contributed by atoms with Crippen molar-refractivity contribution in [1.29, 1.82) is 0 Å². The minimum absolute atomic E-state index is 0.321. The van der Waals surface area contributed by atoms with E-state index in [1.54, 1.807) is 30.3 Å². The van der Waals surface area contributed by atoms with Gasteiger partial charge in [0.2, 0.25) is 0 Å². The first-order chi connectivity index (χ1) is 14.5. The smallest absolute Gasteiger partial charge is 0.320 e. The molecule has 0 radical (unpaired) electrons. The summed E-state index contributed by atoms with van der Waals surface area (Å²) in [5.74, 6) is 0.176. The van der Waals surface area contributed by atoms with Gasteiger partial charge in [0.1, 0.15) is 18.2 Å². The fraction of sp³-hybridized carbons (Fsp3) is 0.409. The molecule has 2 aromatic rings. The predicted molar refractivity (Wildman–Crippen MR) is 114 cm³/mol. The molecule has 3 rings (SSSR count). The Morgan fingerprint density at radius 2 is 1.90 bits per heavy atom. The van der Waals surface area contributed by atoms with Crippen molar-refractivity contribution >= 4 is 23.3 Å². The number of carbonyl (C=O) groups excluding carboxylic acids is 1. The van der Waals surface area contributed by atoms with Crippen LogP contribution in [-0.2, 0) is 15.0 Å². The molecule has 0 atom stereocenters. The zero-order chi connectivity index (χ0) is 21.4. The average Bonchev–Trinajstić information content (AvgIpc) is 2.73. The number of hydrogen-bond acceptors (Lipinski definition) is 4. The second-order valence-electron chi connectivity index (χ2n) is 6.97. The molecule has 8 heteroatoms. The predicted octanol–water partition coefficient (Wildman–Crippen LogP) is 4.72. The van der Waals surface area contributed by atoms with Crippen molar-refractivity contribution in [2.75, 3.05) is 38.4 Å². The molecule has 162 valence electrons. The van der Waals surface area contributed by atoms with Gasteiger partial charge in [-0.25, -0.2) is 9.18 Å². The number of urea groups is 1. The van der Waals surface area contributed by atoms with Gasteiger partial charge in [-0.3, -0.25) is 0 Å². The van der Waals surface area contributed by atoms with E-state index >= 15 is 0 Å². The fourth-order valence-corrected chi connectivity index (χ4v) is 3.60. The van der Waals surface area contributed by atoms with Crippen molar-refractivity contribution in [3.8, 4) is 5.75 Å². The highest BCUT2D eigenvalue weighted by atomic mass is 35.5. The molecule has 1 saturated heterocycles. The Labute approximate surface area is 180 Å². The highest BCUT2D eigenvalue weighted by molar-refractivity contribution is 6.31. The van der Waals surface area contributed by atoms with Gasteiger partial charge < -0.3 is 24.8 Å². The van der Waals surface area contributed by atoms with Crippen LogP contribution in [0.25, 0.3) is 0 Å². The third-order valence-corrected chi connectivity index (χ3v) is 5.21. The van der Waals surface area contributed by atoms with Gasteiger partial charge in [-0.1, -0.05) is 23.7 Å². The number of benzene rings is 2. The lowest BCUT2D eigenvalue weighted by Gasteiger charge is -2.38. The van der Waals surface area contributed by atoms with Crippen LogP contribution in [0.3, 0.4) is 0 Å². The van der Waals surface area contributed by atoms with E-state index in [4.69, 9.17) is 25.8 Å². The molecule has 0 bridgehead atoms. The van der Waals surface area contributed by atoms with Gasteiger partial charge in [0.05, 0.1) is 17.8 Å². The molecule has 30 heavy (non-hydrogen) atoms. The average molecular weight is 437 g/mol. The van der Waals surface area contributed by atoms with Crippen LogP contribution in [0.5, 0.6) is 5.75 Å². The van der Waals surface area contributed by atoms with E-state index in [0.717, 1.165) is 5.56 Å². The monoisotopic (exact) mass is 436 g/mol. The van der Waals surface area contributed by atoms with E-state index in [1.807, 2.05) is 6.92 Å². The first-order valence-electron chi connectivity index (χ1n) is 9.95. The maximum atomic E-state index is 13.4. The number of hydrogen-bond donors (Lipinski definition) is 2. The largest absolute Gasteiger partial charge is 0.489 e. The lowest BCUT2D eigenvalue weighted by Crippen LogP contribution is -2.50. The third-order valence-electron chi connectivity index (χ3n) is 4.98. The maximum Gasteiger partial charge on any atom is 0.320 e. The van der Waals surface area contributed by atoms with Gasteiger partial charge in [0, 0.05) is 24.8 Å². The van der Waals surface area contributed by atoms with Gasteiger partial charge in [0.25, 0.3) is 0 Å². The highest BCUT2D eigenvalue weighted by Gasteiger charge is 2.36. The molecule has 2 aromatic carbocycles. The maximum absolute atomic E-state index is 13.4. The van der Waals surface area contributed by atoms with Crippen LogP contribution in [0.1, 0.15) is 25.3 Å². The lowest BCUT2D eigenvalue weighted by atomic mass is 9.83. The van der Waals surface area contributed by atoms with Gasteiger partial charge in [-0.2, -0.15) is 0 Å². The van der Waals surface area contributed by atoms with Crippen molar-refractivity contribution < 1.29 is 23.4 Å². The number of halogens is 2. The highest BCUT2D eigenvalue weighted by Crippen LogP contribution is 2.33. The second kappa shape index (κ2) is 10.6. The minimum atomic E-state index is -0.648. The zero-order valence-corrected chi connectivity index (χ0v) is 17.6. The zero-order valence-electron chi connectivity index (χ0n) is 16.9. The quantitative estimate of drug-likeness (QED) is 0.587. The van der Waals surface area contributed by atoms with E-state index in [0.29, 0.717) is 62.3 Å². The molecular formula is C22H26ClFN2O4. The van der Waals surface area contributed by atoms with Crippen LogP contribution in [0, 0.1) is 5.82 Å². The minimum Gasteiger partial charge on any atom is -0.489 e. The van der Waals surface area contributed by atoms with E-state index in [1.165, 1.54) is 12.1 Å². The van der Waals surface area contributed by atoms with Crippen molar-refractivity contribution in [3.63, 3.8) is 0 Å². The summed E-state index contributed by atoms with van der Waals surface area (Å²) in [6, 6.07) is 10.8. The lowest BCUT2D eigenvalue weighted by molar-refractivity contribution is 0.0417. The number of nitrogens with one attached hydrogen (secondary N) is 2. The first kappa shape index (κ1) is 22.3. The number of carbonyl (C=O) groups is 1. The van der Waals surface area contributed by atoms with Gasteiger partial charge >= 0.3 is 6.03 Å². The summed E-state index contributed by atoms with van der Waals surface area (Å²) in [7, 11) is 0. The van der Waals surface area contributed by atoms with Crippen LogP contribution < -0.4 is 15.4 Å². The number of rotatable bonds is 8. The van der Waals surface area contributed by atoms with Crippen LogP contribution in [0.4, 0.5) is 14.9 Å². The molecule has 6 nitrogen and oxygen atoms in total. The van der Waals surface area contributed by atoms with Crippen molar-refractivity contribution in [2.45, 2.75) is 25.3 Å². The second-order valence-corrected chi connectivity index (χ2v) is 7.40. The number of anilines is 1. The molecule has 1 aliphatic heterocycles. The molecule has 1 aliphatic rings. The molecule has 0 aliphatic carbocycles. The van der Waals surface area contributed by atoms with Crippen LogP contribution >= 0.6 is 11.6 Å². The molecule has 1 fully saturated rings. The SMILES string of the molecule is CCOCCOc1ccc(Cl)cc1NC(=O)NC1(c2ccc(F)cc2)CCOCC1. The van der Waals surface area contributed by atoms with E-state index in [-0.39, 0.29) is 5.82 Å². The summed E-state index contributed by atoms with van der Waals surface area (Å²) in [5, 5.41) is 6.37. The molecule has 2 N–H and O–H groups in total. The molecule has 0 unspecified atom stereocenters. The Bertz CT molecular complexity index is 842. The normalized spacial score (nSPS) is 15.4. The summed E-state index contributed by atoms with van der Waals surface area (Å²) in [4.78, 5) is 12.9. The van der Waals surface area contributed by atoms with Gasteiger partial charge in [-0.05, 0) is 55.7 Å². The topological polar surface area (TPSA) is 68.8 Å². The molecule has 2 amide bonds. The molecular weight excluding hydrogens is 411 g/mol. The van der Waals surface area contributed by atoms with Crippen LogP contribution in [0.15, 0.2) is 42.5 Å². The fourth-order valence-electron chi connectivity index (χ4n) is 3.43. The summed E-state index contributed by atoms with van der Waals surface area (Å²) in [5.41, 5.74) is 0.643. The van der Waals surface area contributed by atoms with E-state index in [9.17, 15) is 9.18 Å². The Kier molecular flexibility index (Phi) is 7.90. The summed E-state index contributed by atoms with van der Waals surface area (Å²) in [6.07, 6.45) is 1.17.